The van der Waals surface area contributed by atoms with Gasteiger partial charge in [-0.05, 0) is 30.2 Å². The number of thioether (sulfide) groups is 2. The first-order chi connectivity index (χ1) is 9.68. The van der Waals surface area contributed by atoms with Gasteiger partial charge in [0.25, 0.3) is 0 Å². The predicted octanol–water partition coefficient (Wildman–Crippen LogP) is 6.42. The van der Waals surface area contributed by atoms with E-state index in [0.717, 1.165) is 23.9 Å². The van der Waals surface area contributed by atoms with Crippen LogP contribution in [-0.4, -0.2) is 27.8 Å². The molecule has 0 spiro atoms. The van der Waals surface area contributed by atoms with Gasteiger partial charge in [-0.15, -0.1) is 23.4 Å². The highest BCUT2D eigenvalue weighted by molar-refractivity contribution is 8.04. The molecule has 0 saturated heterocycles. The Balaban J connectivity index is 3.16. The van der Waals surface area contributed by atoms with Crippen LogP contribution in [0.1, 0.15) is 6.92 Å². The normalized spacial score (nSPS) is 25.0. The van der Waals surface area contributed by atoms with Crippen molar-refractivity contribution in [2.75, 3.05) is 6.26 Å². The van der Waals surface area contributed by atoms with E-state index >= 15 is 0 Å². The Bertz CT molecular complexity index is 501. The second-order valence-electron chi connectivity index (χ2n) is 4.20. The van der Waals surface area contributed by atoms with Crippen LogP contribution < -0.4 is 0 Å². The number of hydrogen-bond donors (Lipinski definition) is 0. The average molecular weight is 408 g/mol. The summed E-state index contributed by atoms with van der Waals surface area (Å²) in [4.78, 5) is -0.575. The van der Waals surface area contributed by atoms with Crippen molar-refractivity contribution in [3.63, 3.8) is 0 Å². The first-order valence-corrected chi connectivity index (χ1v) is 8.17. The number of halogens is 9. The van der Waals surface area contributed by atoms with Crippen LogP contribution in [0.25, 0.3) is 0 Å². The summed E-state index contributed by atoms with van der Waals surface area (Å²) in [6.45, 7) is 1.49. The van der Waals surface area contributed by atoms with Crippen LogP contribution in [0.5, 0.6) is 0 Å². The van der Waals surface area contributed by atoms with E-state index in [1.165, 1.54) is 13.2 Å². The van der Waals surface area contributed by atoms with Crippen molar-refractivity contribution in [2.45, 2.75) is 28.5 Å². The Morgan fingerprint density at radius 3 is 2.00 bits per heavy atom. The zero-order valence-corrected chi connectivity index (χ0v) is 14.0. The summed E-state index contributed by atoms with van der Waals surface area (Å²) < 4.78 is 87.5. The molecule has 0 heterocycles. The topological polar surface area (TPSA) is 0 Å². The largest absolute Gasteiger partial charge is 0.460 e. The van der Waals surface area contributed by atoms with Gasteiger partial charge in [0.2, 0.25) is 0 Å². The van der Waals surface area contributed by atoms with E-state index in [2.05, 4.69) is 0 Å². The molecule has 0 amide bonds. The third kappa shape index (κ3) is 3.67. The molecule has 0 bridgehead atoms. The van der Waals surface area contributed by atoms with Crippen LogP contribution in [0.3, 0.4) is 0 Å². The standard InChI is InChI=1S/C11H8Cl2F7S2/c1-5-7(12)3-6(4-8(5,13)21-2)22-11(19,20)9(14,15)10(16,17)18/h3-4H,1-2H3. The molecule has 127 valence electrons. The van der Waals surface area contributed by atoms with E-state index in [-0.39, 0.29) is 5.03 Å². The third-order valence-corrected chi connectivity index (χ3v) is 5.98. The highest BCUT2D eigenvalue weighted by Crippen LogP contribution is 2.56. The lowest BCUT2D eigenvalue weighted by atomic mass is 10.0. The Morgan fingerprint density at radius 1 is 1.09 bits per heavy atom. The van der Waals surface area contributed by atoms with Crippen molar-refractivity contribution >= 4 is 46.7 Å². The maximum atomic E-state index is 13.4. The van der Waals surface area contributed by atoms with Gasteiger partial charge in [-0.1, -0.05) is 18.5 Å². The minimum Gasteiger partial charge on any atom is -0.188 e. The van der Waals surface area contributed by atoms with E-state index in [1.54, 1.807) is 0 Å². The van der Waals surface area contributed by atoms with Crippen LogP contribution in [0, 0.1) is 5.92 Å². The van der Waals surface area contributed by atoms with E-state index in [1.807, 2.05) is 0 Å². The minimum absolute atomic E-state index is 0.0968. The first kappa shape index (κ1) is 20.3. The summed E-state index contributed by atoms with van der Waals surface area (Å²) in [5.74, 6) is -5.84. The zero-order valence-electron chi connectivity index (χ0n) is 10.9. The van der Waals surface area contributed by atoms with Crippen LogP contribution >= 0.6 is 46.7 Å². The number of rotatable bonds is 4. The predicted molar refractivity (Wildman–Crippen MR) is 76.6 cm³/mol. The zero-order chi connectivity index (χ0) is 17.6. The lowest BCUT2D eigenvalue weighted by Gasteiger charge is -2.33. The van der Waals surface area contributed by atoms with Crippen molar-refractivity contribution in [3.8, 4) is 0 Å². The van der Waals surface area contributed by atoms with Gasteiger partial charge in [0, 0.05) is 15.9 Å². The second-order valence-corrected chi connectivity index (χ2v) is 7.67. The van der Waals surface area contributed by atoms with Crippen LogP contribution in [0.4, 0.5) is 30.7 Å². The molecule has 1 unspecified atom stereocenters. The minimum atomic E-state index is -6.38. The van der Waals surface area contributed by atoms with Gasteiger partial charge in [0.15, 0.2) is 0 Å². The summed E-state index contributed by atoms with van der Waals surface area (Å²) in [6.07, 6.45) is -3.04. The number of hydrogen-bond acceptors (Lipinski definition) is 2. The number of alkyl halides is 8. The van der Waals surface area contributed by atoms with Gasteiger partial charge >= 0.3 is 17.4 Å². The number of allylic oxidation sites excluding steroid dienone is 2. The molecule has 0 aromatic rings. The van der Waals surface area contributed by atoms with Gasteiger partial charge in [0.1, 0.15) is 4.21 Å². The molecule has 1 rings (SSSR count). The van der Waals surface area contributed by atoms with E-state index in [4.69, 9.17) is 23.2 Å². The maximum absolute atomic E-state index is 13.4. The van der Waals surface area contributed by atoms with Gasteiger partial charge < -0.3 is 0 Å². The third-order valence-electron chi connectivity index (χ3n) is 2.73. The molecular weight excluding hydrogens is 400 g/mol. The van der Waals surface area contributed by atoms with Gasteiger partial charge in [-0.3, -0.25) is 0 Å². The molecule has 0 aromatic carbocycles. The highest BCUT2D eigenvalue weighted by Gasteiger charge is 2.73. The fourth-order valence-corrected chi connectivity index (χ4v) is 3.78. The highest BCUT2D eigenvalue weighted by atomic mass is 35.5. The van der Waals surface area contributed by atoms with Crippen LogP contribution in [0.15, 0.2) is 22.1 Å². The molecule has 0 N–H and O–H groups in total. The average Bonchev–Trinajstić information content (AvgIpc) is 2.33. The van der Waals surface area contributed by atoms with Crippen LogP contribution in [-0.2, 0) is 0 Å². The molecular formula is C11H8Cl2F7S2. The van der Waals surface area contributed by atoms with Crippen molar-refractivity contribution in [3.05, 3.63) is 28.0 Å². The molecule has 1 aliphatic rings. The molecule has 0 saturated carbocycles. The molecule has 1 radical (unpaired) electrons. The van der Waals surface area contributed by atoms with Crippen molar-refractivity contribution in [1.82, 2.24) is 0 Å². The summed E-state index contributed by atoms with van der Waals surface area (Å²) >= 11 is 11.9. The Hall–Kier alpha value is 0.270. The monoisotopic (exact) mass is 407 g/mol. The van der Waals surface area contributed by atoms with E-state index in [0.29, 0.717) is 5.92 Å². The molecule has 0 fully saturated rings. The summed E-state index contributed by atoms with van der Waals surface area (Å²) in [5, 5.41) is -5.51. The fraction of sp³-hybridized carbons (Fsp3) is 0.545. The van der Waals surface area contributed by atoms with Crippen molar-refractivity contribution in [1.29, 1.82) is 0 Å². The molecule has 22 heavy (non-hydrogen) atoms. The van der Waals surface area contributed by atoms with Gasteiger partial charge in [-0.2, -0.15) is 30.7 Å². The molecule has 0 aliphatic heterocycles. The molecule has 0 aromatic heterocycles. The van der Waals surface area contributed by atoms with Gasteiger partial charge in [0.05, 0.1) is 0 Å². The van der Waals surface area contributed by atoms with Crippen LogP contribution in [0.2, 0.25) is 0 Å². The summed E-state index contributed by atoms with van der Waals surface area (Å²) in [7, 11) is 0. The Labute approximate surface area is 140 Å². The Kier molecular flexibility index (Phi) is 5.81. The Morgan fingerprint density at radius 2 is 1.59 bits per heavy atom. The van der Waals surface area contributed by atoms with E-state index < -0.39 is 38.2 Å². The quantitative estimate of drug-likeness (QED) is 0.389. The van der Waals surface area contributed by atoms with Crippen molar-refractivity contribution in [2.24, 2.45) is 0 Å². The van der Waals surface area contributed by atoms with Gasteiger partial charge in [-0.25, -0.2) is 0 Å². The SMILES string of the molecule is CSC1(Cl)C=C(SC(F)(F)C(F)(F)C(F)(F)F)C=C(Cl)[C]1C. The fourth-order valence-electron chi connectivity index (χ4n) is 1.38. The van der Waals surface area contributed by atoms with Crippen molar-refractivity contribution < 1.29 is 30.7 Å². The maximum Gasteiger partial charge on any atom is 0.460 e. The summed E-state index contributed by atoms with van der Waals surface area (Å²) in [5.41, 5.74) is 0. The van der Waals surface area contributed by atoms with E-state index in [9.17, 15) is 30.7 Å². The molecule has 11 heteroatoms. The molecule has 0 nitrogen and oxygen atoms in total. The first-order valence-electron chi connectivity index (χ1n) is 5.38. The smallest absolute Gasteiger partial charge is 0.188 e. The summed E-state index contributed by atoms with van der Waals surface area (Å²) in [6, 6.07) is 0. The molecule has 1 atom stereocenters. The lowest BCUT2D eigenvalue weighted by Crippen LogP contribution is -2.50. The second kappa shape index (κ2) is 6.29. The molecule has 1 aliphatic carbocycles. The lowest BCUT2D eigenvalue weighted by molar-refractivity contribution is -0.330.